The second-order valence-electron chi connectivity index (χ2n) is 4.53. The molecule has 1 rings (SSSR count). The molecule has 0 spiro atoms. The van der Waals surface area contributed by atoms with Crippen molar-refractivity contribution in [1.82, 2.24) is 9.71 Å². The van der Waals surface area contributed by atoms with Gasteiger partial charge in [0.05, 0.1) is 10.5 Å². The number of hydrogen-bond donors (Lipinski definition) is 2. The van der Waals surface area contributed by atoms with Crippen LogP contribution in [0.4, 0.5) is 0 Å². The van der Waals surface area contributed by atoms with Crippen molar-refractivity contribution in [2.75, 3.05) is 13.2 Å². The van der Waals surface area contributed by atoms with Gasteiger partial charge in [0.25, 0.3) is 5.56 Å². The number of H-pyrrole nitrogens is 1. The average molecular weight is 309 g/mol. The van der Waals surface area contributed by atoms with Gasteiger partial charge in [-0.05, 0) is 26.8 Å². The number of halogens is 1. The van der Waals surface area contributed by atoms with Crippen LogP contribution >= 0.6 is 11.6 Å². The molecule has 0 saturated heterocycles. The quantitative estimate of drug-likeness (QED) is 0.824. The molecule has 8 heteroatoms. The Bertz CT molecular complexity index is 595. The molecular formula is C11H17ClN2O4S. The number of pyridine rings is 1. The van der Waals surface area contributed by atoms with Crippen LogP contribution in [0, 0.1) is 0 Å². The molecule has 0 aliphatic rings. The molecule has 1 aromatic rings. The van der Waals surface area contributed by atoms with Crippen molar-refractivity contribution in [2.45, 2.75) is 31.3 Å². The van der Waals surface area contributed by atoms with E-state index in [9.17, 15) is 13.2 Å². The van der Waals surface area contributed by atoms with Crippen LogP contribution in [0.15, 0.2) is 22.0 Å². The SMILES string of the molecule is CCOC(C)(C)CNS(=O)(=O)c1c[nH]c(=O)c(Cl)c1. The third-order valence-electron chi connectivity index (χ3n) is 2.36. The molecule has 0 atom stereocenters. The zero-order chi connectivity index (χ0) is 14.7. The van der Waals surface area contributed by atoms with Gasteiger partial charge in [-0.25, -0.2) is 13.1 Å². The normalized spacial score (nSPS) is 12.6. The monoisotopic (exact) mass is 308 g/mol. The average Bonchev–Trinajstić information content (AvgIpc) is 2.30. The lowest BCUT2D eigenvalue weighted by molar-refractivity contribution is -0.00515. The predicted octanol–water partition coefficient (Wildman–Crippen LogP) is 1.12. The Morgan fingerprint density at radius 1 is 1.47 bits per heavy atom. The Morgan fingerprint density at radius 3 is 2.63 bits per heavy atom. The first-order chi connectivity index (χ1) is 8.68. The molecule has 19 heavy (non-hydrogen) atoms. The summed E-state index contributed by atoms with van der Waals surface area (Å²) < 4.78 is 31.8. The van der Waals surface area contributed by atoms with Crippen LogP contribution in [0.1, 0.15) is 20.8 Å². The Morgan fingerprint density at radius 2 is 2.11 bits per heavy atom. The molecule has 1 aromatic heterocycles. The third-order valence-corrected chi connectivity index (χ3v) is 4.03. The van der Waals surface area contributed by atoms with Crippen molar-refractivity contribution >= 4 is 21.6 Å². The van der Waals surface area contributed by atoms with Crippen molar-refractivity contribution in [1.29, 1.82) is 0 Å². The number of nitrogens with one attached hydrogen (secondary N) is 2. The van der Waals surface area contributed by atoms with Crippen LogP contribution in [-0.2, 0) is 14.8 Å². The first kappa shape index (κ1) is 16.2. The van der Waals surface area contributed by atoms with Gasteiger partial charge in [0.1, 0.15) is 5.02 Å². The lowest BCUT2D eigenvalue weighted by atomic mass is 10.1. The van der Waals surface area contributed by atoms with E-state index in [2.05, 4.69) is 9.71 Å². The number of rotatable bonds is 6. The van der Waals surface area contributed by atoms with Crippen molar-refractivity contribution in [3.63, 3.8) is 0 Å². The van der Waals surface area contributed by atoms with Crippen molar-refractivity contribution in [3.8, 4) is 0 Å². The topological polar surface area (TPSA) is 88.3 Å². The summed E-state index contributed by atoms with van der Waals surface area (Å²) in [5.74, 6) is 0. The molecule has 0 saturated carbocycles. The molecule has 0 aliphatic heterocycles. The summed E-state index contributed by atoms with van der Waals surface area (Å²) in [5, 5.41) is -0.174. The van der Waals surface area contributed by atoms with E-state index in [-0.39, 0.29) is 16.5 Å². The van der Waals surface area contributed by atoms with Crippen LogP contribution in [0.25, 0.3) is 0 Å². The van der Waals surface area contributed by atoms with Gasteiger partial charge in [0, 0.05) is 19.3 Å². The molecule has 0 bridgehead atoms. The van der Waals surface area contributed by atoms with Crippen LogP contribution in [0.3, 0.4) is 0 Å². The molecule has 1 heterocycles. The number of hydrogen-bond acceptors (Lipinski definition) is 4. The van der Waals surface area contributed by atoms with Crippen molar-refractivity contribution in [3.05, 3.63) is 27.6 Å². The molecule has 0 fully saturated rings. The van der Waals surface area contributed by atoms with E-state index >= 15 is 0 Å². The van der Waals surface area contributed by atoms with Crippen LogP contribution in [-0.4, -0.2) is 32.2 Å². The summed E-state index contributed by atoms with van der Waals surface area (Å²) in [5.41, 5.74) is -1.15. The fourth-order valence-electron chi connectivity index (χ4n) is 1.39. The Hall–Kier alpha value is -0.890. The predicted molar refractivity (Wildman–Crippen MR) is 73.0 cm³/mol. The highest BCUT2D eigenvalue weighted by Crippen LogP contribution is 2.13. The van der Waals surface area contributed by atoms with E-state index < -0.39 is 21.2 Å². The fourth-order valence-corrected chi connectivity index (χ4v) is 2.81. The minimum Gasteiger partial charge on any atom is -0.375 e. The van der Waals surface area contributed by atoms with E-state index in [0.717, 1.165) is 12.3 Å². The maximum absolute atomic E-state index is 12.0. The van der Waals surface area contributed by atoms with Crippen molar-refractivity contribution < 1.29 is 13.2 Å². The zero-order valence-corrected chi connectivity index (χ0v) is 12.6. The molecule has 0 radical (unpaired) electrons. The second-order valence-corrected chi connectivity index (χ2v) is 6.70. The highest BCUT2D eigenvalue weighted by Gasteiger charge is 2.23. The maximum atomic E-state index is 12.0. The molecule has 2 N–H and O–H groups in total. The molecule has 0 amide bonds. The Balaban J connectivity index is 2.87. The summed E-state index contributed by atoms with van der Waals surface area (Å²) >= 11 is 5.60. The highest BCUT2D eigenvalue weighted by atomic mass is 35.5. The van der Waals surface area contributed by atoms with Gasteiger partial charge in [-0.3, -0.25) is 4.79 Å². The summed E-state index contributed by atoms with van der Waals surface area (Å²) in [6.45, 7) is 5.98. The van der Waals surface area contributed by atoms with Crippen LogP contribution < -0.4 is 10.3 Å². The maximum Gasteiger partial charge on any atom is 0.266 e. The Kier molecular flexibility index (Phi) is 5.14. The first-order valence-corrected chi connectivity index (χ1v) is 7.56. The summed E-state index contributed by atoms with van der Waals surface area (Å²) in [7, 11) is -3.74. The molecule has 108 valence electrons. The zero-order valence-electron chi connectivity index (χ0n) is 11.0. The summed E-state index contributed by atoms with van der Waals surface area (Å²) in [6, 6.07) is 1.11. The van der Waals surface area contributed by atoms with E-state index in [1.807, 2.05) is 6.92 Å². The van der Waals surface area contributed by atoms with Gasteiger partial charge < -0.3 is 9.72 Å². The summed E-state index contributed by atoms with van der Waals surface area (Å²) in [4.78, 5) is 13.2. The smallest absolute Gasteiger partial charge is 0.266 e. The standard InChI is InChI=1S/C11H17ClN2O4S/c1-4-18-11(2,3)7-14-19(16,17)8-5-9(12)10(15)13-6-8/h5-6,14H,4,7H2,1-3H3,(H,13,15). The minimum atomic E-state index is -3.74. The number of sulfonamides is 1. The summed E-state index contributed by atoms with van der Waals surface area (Å²) in [6.07, 6.45) is 1.10. The lowest BCUT2D eigenvalue weighted by Gasteiger charge is -2.24. The van der Waals surface area contributed by atoms with Gasteiger partial charge in [-0.2, -0.15) is 0 Å². The first-order valence-electron chi connectivity index (χ1n) is 5.70. The number of aromatic amines is 1. The Labute approximate surface area is 117 Å². The van der Waals surface area contributed by atoms with Gasteiger partial charge >= 0.3 is 0 Å². The van der Waals surface area contributed by atoms with E-state index in [4.69, 9.17) is 16.3 Å². The van der Waals surface area contributed by atoms with E-state index in [1.54, 1.807) is 13.8 Å². The molecular weight excluding hydrogens is 292 g/mol. The van der Waals surface area contributed by atoms with Gasteiger partial charge in [0.2, 0.25) is 10.0 Å². The number of aromatic nitrogens is 1. The highest BCUT2D eigenvalue weighted by molar-refractivity contribution is 7.89. The van der Waals surface area contributed by atoms with E-state index in [0.29, 0.717) is 6.61 Å². The third kappa shape index (κ3) is 4.61. The van der Waals surface area contributed by atoms with Crippen LogP contribution in [0.2, 0.25) is 5.02 Å². The van der Waals surface area contributed by atoms with Crippen molar-refractivity contribution in [2.24, 2.45) is 0 Å². The minimum absolute atomic E-state index is 0.0931. The molecule has 0 aliphatic carbocycles. The number of ether oxygens (including phenoxy) is 1. The lowest BCUT2D eigenvalue weighted by Crippen LogP contribution is -2.40. The van der Waals surface area contributed by atoms with Gasteiger partial charge in [-0.15, -0.1) is 0 Å². The largest absolute Gasteiger partial charge is 0.375 e. The second kappa shape index (κ2) is 6.04. The molecule has 6 nitrogen and oxygen atoms in total. The van der Waals surface area contributed by atoms with Gasteiger partial charge in [-0.1, -0.05) is 11.6 Å². The molecule has 0 unspecified atom stereocenters. The van der Waals surface area contributed by atoms with Gasteiger partial charge in [0.15, 0.2) is 0 Å². The molecule has 0 aromatic carbocycles. The van der Waals surface area contributed by atoms with Crippen LogP contribution in [0.5, 0.6) is 0 Å². The fraction of sp³-hybridized carbons (Fsp3) is 0.545. The van der Waals surface area contributed by atoms with E-state index in [1.165, 1.54) is 0 Å².